The van der Waals surface area contributed by atoms with Crippen LogP contribution in [0, 0.1) is 17.0 Å². The van der Waals surface area contributed by atoms with Crippen LogP contribution in [0.2, 0.25) is 0 Å². The van der Waals surface area contributed by atoms with Crippen molar-refractivity contribution in [3.8, 4) is 0 Å². The van der Waals surface area contributed by atoms with Crippen LogP contribution in [0.1, 0.15) is 5.56 Å². The number of carbonyl (C=O) groups is 2. The lowest BCUT2D eigenvalue weighted by molar-refractivity contribution is -0.384. The molecule has 1 aromatic heterocycles. The highest BCUT2D eigenvalue weighted by molar-refractivity contribution is 6.62. The Morgan fingerprint density at radius 2 is 1.79 bits per heavy atom. The maximum Gasteiger partial charge on any atom is 0.315 e. The summed E-state index contributed by atoms with van der Waals surface area (Å²) in [7, 11) is 0. The Balaban J connectivity index is 2.63. The molecule has 98 valence electrons. The molecule has 1 aromatic rings. The molecule has 2 amide bonds. The van der Waals surface area contributed by atoms with Crippen molar-refractivity contribution in [2.24, 2.45) is 0 Å². The summed E-state index contributed by atoms with van der Waals surface area (Å²) in [6.45, 7) is 1.46. The number of halogens is 2. The second kappa shape index (κ2) is 4.60. The summed E-state index contributed by atoms with van der Waals surface area (Å²) in [5.41, 5.74) is -0.185. The van der Waals surface area contributed by atoms with Crippen LogP contribution in [0.5, 0.6) is 0 Å². The van der Waals surface area contributed by atoms with E-state index in [9.17, 15) is 19.7 Å². The lowest BCUT2D eigenvalue weighted by Gasteiger charge is -2.13. The smallest absolute Gasteiger partial charge is 0.267 e. The third kappa shape index (κ3) is 1.96. The molecule has 0 N–H and O–H groups in total. The lowest BCUT2D eigenvalue weighted by atomic mass is 10.2. The van der Waals surface area contributed by atoms with Gasteiger partial charge in [0.25, 0.3) is 11.8 Å². The number of aromatic nitrogens is 1. The SMILES string of the molecule is Cc1ccnc(N2C(=O)C(Cl)=C(Cl)C2=O)c1[N+](=O)[O-]. The van der Waals surface area contributed by atoms with E-state index in [0.29, 0.717) is 4.90 Å². The molecule has 0 aliphatic carbocycles. The molecule has 7 nitrogen and oxygen atoms in total. The molecule has 0 saturated heterocycles. The van der Waals surface area contributed by atoms with Crippen molar-refractivity contribution in [2.45, 2.75) is 6.92 Å². The number of imide groups is 1. The number of hydrogen-bond acceptors (Lipinski definition) is 5. The second-order valence-corrected chi connectivity index (χ2v) is 4.39. The number of aryl methyl sites for hydroxylation is 1. The normalized spacial score (nSPS) is 15.4. The molecule has 2 heterocycles. The first-order chi connectivity index (χ1) is 8.86. The Labute approximate surface area is 116 Å². The van der Waals surface area contributed by atoms with Crippen LogP contribution >= 0.6 is 23.2 Å². The summed E-state index contributed by atoms with van der Waals surface area (Å²) in [5.74, 6) is -2.26. The Kier molecular flexibility index (Phi) is 3.25. The predicted octanol–water partition coefficient (Wildman–Crippen LogP) is 1.86. The zero-order valence-corrected chi connectivity index (χ0v) is 10.9. The first-order valence-electron chi connectivity index (χ1n) is 4.90. The van der Waals surface area contributed by atoms with E-state index < -0.39 is 38.3 Å². The fourth-order valence-electron chi connectivity index (χ4n) is 1.59. The number of rotatable bonds is 2. The molecule has 1 aliphatic rings. The quantitative estimate of drug-likeness (QED) is 0.472. The summed E-state index contributed by atoms with van der Waals surface area (Å²) >= 11 is 11.1. The van der Waals surface area contributed by atoms with E-state index in [0.717, 1.165) is 0 Å². The molecule has 0 bridgehead atoms. The molecule has 2 rings (SSSR count). The van der Waals surface area contributed by atoms with Crippen LogP contribution in [0.15, 0.2) is 22.3 Å². The van der Waals surface area contributed by atoms with E-state index in [-0.39, 0.29) is 5.56 Å². The molecule has 0 atom stereocenters. The minimum atomic E-state index is -0.933. The topological polar surface area (TPSA) is 93.4 Å². The average molecular weight is 302 g/mol. The van der Waals surface area contributed by atoms with Crippen molar-refractivity contribution >= 4 is 46.5 Å². The molecule has 0 aromatic carbocycles. The summed E-state index contributed by atoms with van der Waals surface area (Å²) < 4.78 is 0. The van der Waals surface area contributed by atoms with Crippen molar-refractivity contribution in [3.63, 3.8) is 0 Å². The highest BCUT2D eigenvalue weighted by atomic mass is 35.5. The van der Waals surface area contributed by atoms with Gasteiger partial charge in [-0.1, -0.05) is 23.2 Å². The lowest BCUT2D eigenvalue weighted by Crippen LogP contribution is -2.32. The Bertz CT molecular complexity index is 632. The zero-order chi connectivity index (χ0) is 14.3. The van der Waals surface area contributed by atoms with Crippen molar-refractivity contribution < 1.29 is 14.5 Å². The van der Waals surface area contributed by atoms with Crippen molar-refractivity contribution in [2.75, 3.05) is 4.90 Å². The maximum atomic E-state index is 11.8. The molecular weight excluding hydrogens is 297 g/mol. The van der Waals surface area contributed by atoms with Crippen LogP contribution in [-0.4, -0.2) is 21.7 Å². The van der Waals surface area contributed by atoms with E-state index >= 15 is 0 Å². The zero-order valence-electron chi connectivity index (χ0n) is 9.39. The number of pyridine rings is 1. The number of nitrogens with zero attached hydrogens (tertiary/aromatic N) is 3. The number of amides is 2. The summed E-state index contributed by atoms with van der Waals surface area (Å²) in [5, 5.41) is 10.0. The van der Waals surface area contributed by atoms with Crippen molar-refractivity contribution in [3.05, 3.63) is 38.0 Å². The molecule has 9 heteroatoms. The first kappa shape index (κ1) is 13.4. The summed E-state index contributed by atoms with van der Waals surface area (Å²) in [6, 6.07) is 1.39. The molecule has 19 heavy (non-hydrogen) atoms. The van der Waals surface area contributed by atoms with Gasteiger partial charge in [-0.3, -0.25) is 19.7 Å². The van der Waals surface area contributed by atoms with Gasteiger partial charge < -0.3 is 0 Å². The predicted molar refractivity (Wildman–Crippen MR) is 66.9 cm³/mol. The number of anilines is 1. The van der Waals surface area contributed by atoms with Gasteiger partial charge in [0, 0.05) is 11.8 Å². The van der Waals surface area contributed by atoms with Gasteiger partial charge >= 0.3 is 5.69 Å². The van der Waals surface area contributed by atoms with Crippen LogP contribution in [0.4, 0.5) is 11.5 Å². The van der Waals surface area contributed by atoms with Crippen LogP contribution in [-0.2, 0) is 9.59 Å². The van der Waals surface area contributed by atoms with E-state index in [1.54, 1.807) is 0 Å². The summed E-state index contributed by atoms with van der Waals surface area (Å²) in [4.78, 5) is 38.1. The number of hydrogen-bond donors (Lipinski definition) is 0. The highest BCUT2D eigenvalue weighted by Crippen LogP contribution is 2.36. The molecular formula is C10H5Cl2N3O4. The first-order valence-corrected chi connectivity index (χ1v) is 5.66. The van der Waals surface area contributed by atoms with E-state index in [1.807, 2.05) is 0 Å². The third-order valence-corrected chi connectivity index (χ3v) is 3.27. The van der Waals surface area contributed by atoms with Crippen LogP contribution in [0.25, 0.3) is 0 Å². The minimum Gasteiger partial charge on any atom is -0.267 e. The van der Waals surface area contributed by atoms with E-state index in [1.165, 1.54) is 19.2 Å². The van der Waals surface area contributed by atoms with Crippen molar-refractivity contribution in [1.29, 1.82) is 0 Å². The van der Waals surface area contributed by atoms with Crippen LogP contribution in [0.3, 0.4) is 0 Å². The fraction of sp³-hybridized carbons (Fsp3) is 0.100. The Morgan fingerprint density at radius 1 is 1.26 bits per heavy atom. The Hall–Kier alpha value is -1.99. The standard InChI is InChI=1S/C10H5Cl2N3O4/c1-4-2-3-13-8(7(4)15(18)19)14-9(16)5(11)6(12)10(14)17/h2-3H,1H3. The molecule has 0 saturated carbocycles. The van der Waals surface area contributed by atoms with Gasteiger partial charge in [0.2, 0.25) is 5.82 Å². The maximum absolute atomic E-state index is 11.8. The molecule has 1 aliphatic heterocycles. The van der Waals surface area contributed by atoms with E-state index in [2.05, 4.69) is 4.98 Å². The van der Waals surface area contributed by atoms with Gasteiger partial charge in [0.1, 0.15) is 10.1 Å². The minimum absolute atomic E-state index is 0.259. The third-order valence-electron chi connectivity index (χ3n) is 2.48. The van der Waals surface area contributed by atoms with Crippen molar-refractivity contribution in [1.82, 2.24) is 4.98 Å². The van der Waals surface area contributed by atoms with Gasteiger partial charge in [0.05, 0.1) is 4.92 Å². The molecule has 0 fully saturated rings. The number of carbonyl (C=O) groups excluding carboxylic acids is 2. The second-order valence-electron chi connectivity index (χ2n) is 3.63. The van der Waals surface area contributed by atoms with Gasteiger partial charge in [-0.15, -0.1) is 0 Å². The average Bonchev–Trinajstić information content (AvgIpc) is 2.53. The largest absolute Gasteiger partial charge is 0.315 e. The summed E-state index contributed by atoms with van der Waals surface area (Å²) in [6.07, 6.45) is 1.25. The monoisotopic (exact) mass is 301 g/mol. The van der Waals surface area contributed by atoms with Gasteiger partial charge in [0.15, 0.2) is 0 Å². The van der Waals surface area contributed by atoms with Crippen LogP contribution < -0.4 is 4.90 Å². The van der Waals surface area contributed by atoms with E-state index in [4.69, 9.17) is 23.2 Å². The fourth-order valence-corrected chi connectivity index (χ4v) is 1.92. The Morgan fingerprint density at radius 3 is 2.26 bits per heavy atom. The highest BCUT2D eigenvalue weighted by Gasteiger charge is 2.42. The molecule has 0 unspecified atom stereocenters. The molecule has 0 spiro atoms. The van der Waals surface area contributed by atoms with Gasteiger partial charge in [-0.2, -0.15) is 0 Å². The molecule has 0 radical (unpaired) electrons. The number of nitro groups is 1. The van der Waals surface area contributed by atoms with Gasteiger partial charge in [-0.05, 0) is 13.0 Å². The van der Waals surface area contributed by atoms with Gasteiger partial charge in [-0.25, -0.2) is 9.88 Å².